The monoisotopic (exact) mass is 436 g/mol. The van der Waals surface area contributed by atoms with Crippen LogP contribution in [0.15, 0.2) is 79.3 Å². The quantitative estimate of drug-likeness (QED) is 0.359. The maximum atomic E-state index is 12.5. The molecular formula is C24H20N8O. The van der Waals surface area contributed by atoms with Crippen molar-refractivity contribution in [2.45, 2.75) is 6.54 Å². The third kappa shape index (κ3) is 4.07. The molecule has 9 heteroatoms. The lowest BCUT2D eigenvalue weighted by Gasteiger charge is -2.05. The highest BCUT2D eigenvalue weighted by Crippen LogP contribution is 2.30. The minimum absolute atomic E-state index is 0.248. The second kappa shape index (κ2) is 8.39. The van der Waals surface area contributed by atoms with E-state index in [4.69, 9.17) is 16.6 Å². The number of nitrogen functional groups attached to an aromatic ring is 2. The number of pyridine rings is 1. The van der Waals surface area contributed by atoms with Crippen LogP contribution in [0.3, 0.4) is 0 Å². The number of carbonyl (C=O) groups excluding carboxylic acids is 1. The Bertz CT molecular complexity index is 1430. The Morgan fingerprint density at radius 2 is 1.70 bits per heavy atom. The van der Waals surface area contributed by atoms with Crippen LogP contribution < -0.4 is 16.8 Å². The van der Waals surface area contributed by atoms with Crippen LogP contribution in [0, 0.1) is 0 Å². The normalized spacial score (nSPS) is 10.9. The van der Waals surface area contributed by atoms with Crippen LogP contribution >= 0.6 is 0 Å². The number of carbonyl (C=O) groups is 1. The van der Waals surface area contributed by atoms with Crippen LogP contribution in [0.5, 0.6) is 0 Å². The molecule has 3 aromatic heterocycles. The Kier molecular flexibility index (Phi) is 5.12. The third-order valence-corrected chi connectivity index (χ3v) is 5.20. The average Bonchev–Trinajstić information content (AvgIpc) is 3.21. The topological polar surface area (TPSA) is 138 Å². The van der Waals surface area contributed by atoms with Gasteiger partial charge in [-0.2, -0.15) is 5.10 Å². The number of nitrogens with two attached hydrogens (primary N) is 2. The molecule has 33 heavy (non-hydrogen) atoms. The van der Waals surface area contributed by atoms with Gasteiger partial charge < -0.3 is 16.8 Å². The fourth-order valence-electron chi connectivity index (χ4n) is 3.54. The number of amides is 1. The predicted octanol–water partition coefficient (Wildman–Crippen LogP) is 3.35. The molecule has 0 spiro atoms. The molecule has 0 aliphatic carbocycles. The fourth-order valence-corrected chi connectivity index (χ4v) is 3.54. The molecule has 0 aliphatic rings. The Morgan fingerprint density at radius 1 is 0.909 bits per heavy atom. The van der Waals surface area contributed by atoms with E-state index in [0.717, 1.165) is 11.1 Å². The van der Waals surface area contributed by atoms with Crippen LogP contribution in [0.4, 0.5) is 17.3 Å². The summed E-state index contributed by atoms with van der Waals surface area (Å²) < 4.78 is 1.79. The summed E-state index contributed by atoms with van der Waals surface area (Å²) in [5.41, 5.74) is 16.3. The molecule has 0 bridgehead atoms. The zero-order chi connectivity index (χ0) is 22.8. The van der Waals surface area contributed by atoms with Crippen molar-refractivity contribution >= 4 is 34.3 Å². The number of benzene rings is 2. The molecule has 3 heterocycles. The first kappa shape index (κ1) is 20.1. The van der Waals surface area contributed by atoms with Crippen LogP contribution in [-0.2, 0) is 6.54 Å². The molecule has 5 aromatic rings. The van der Waals surface area contributed by atoms with Crippen LogP contribution in [-0.4, -0.2) is 30.6 Å². The van der Waals surface area contributed by atoms with Gasteiger partial charge in [0.05, 0.1) is 11.9 Å². The summed E-state index contributed by atoms with van der Waals surface area (Å²) in [6.07, 6.45) is 3.05. The number of nitrogens with zero attached hydrogens (tertiary/aromatic N) is 5. The van der Waals surface area contributed by atoms with Crippen molar-refractivity contribution in [3.05, 3.63) is 90.4 Å². The van der Waals surface area contributed by atoms with E-state index in [0.29, 0.717) is 46.2 Å². The Labute approximate surface area is 189 Å². The lowest BCUT2D eigenvalue weighted by molar-refractivity contribution is 0.102. The van der Waals surface area contributed by atoms with Crippen molar-refractivity contribution < 1.29 is 4.79 Å². The molecule has 0 atom stereocenters. The van der Waals surface area contributed by atoms with E-state index < -0.39 is 0 Å². The average molecular weight is 436 g/mol. The molecule has 0 fully saturated rings. The van der Waals surface area contributed by atoms with Gasteiger partial charge in [0.1, 0.15) is 23.7 Å². The Morgan fingerprint density at radius 3 is 2.42 bits per heavy atom. The van der Waals surface area contributed by atoms with E-state index >= 15 is 0 Å². The smallest absolute Gasteiger partial charge is 0.256 e. The van der Waals surface area contributed by atoms with E-state index in [9.17, 15) is 4.79 Å². The Balaban J connectivity index is 1.48. The summed E-state index contributed by atoms with van der Waals surface area (Å²) in [5.74, 6) is 0.585. The molecule has 0 saturated carbocycles. The molecule has 0 aliphatic heterocycles. The molecule has 162 valence electrons. The standard InChI is InChI=1S/C24H20N8O/c25-18-10-4-15(5-11-18)13-32-23-20(22(26)28-14-29-23)21(31-32)16-6-8-17(9-7-16)24(33)30-19-3-1-2-12-27-19/h1-12,14H,13,25H2,(H2,26,28,29)(H,27,30,33). The fraction of sp³-hybridized carbons (Fsp3) is 0.0417. The molecule has 1 amide bonds. The highest BCUT2D eigenvalue weighted by Gasteiger charge is 2.18. The van der Waals surface area contributed by atoms with Crippen LogP contribution in [0.1, 0.15) is 15.9 Å². The summed E-state index contributed by atoms with van der Waals surface area (Å²) >= 11 is 0. The van der Waals surface area contributed by atoms with E-state index in [-0.39, 0.29) is 5.91 Å². The molecule has 5 N–H and O–H groups in total. The maximum absolute atomic E-state index is 12.5. The van der Waals surface area contributed by atoms with Gasteiger partial charge in [0.15, 0.2) is 5.65 Å². The van der Waals surface area contributed by atoms with Crippen LogP contribution in [0.25, 0.3) is 22.3 Å². The number of anilines is 3. The second-order valence-electron chi connectivity index (χ2n) is 7.45. The van der Waals surface area contributed by atoms with Crippen LogP contribution in [0.2, 0.25) is 0 Å². The van der Waals surface area contributed by atoms with Gasteiger partial charge in [-0.25, -0.2) is 19.6 Å². The SMILES string of the molecule is Nc1ccc(Cn2nc(-c3ccc(C(=O)Nc4ccccn4)cc3)c3c(N)ncnc32)cc1. The number of rotatable bonds is 5. The van der Waals surface area contributed by atoms with Gasteiger partial charge in [-0.3, -0.25) is 4.79 Å². The highest BCUT2D eigenvalue weighted by molar-refractivity contribution is 6.04. The highest BCUT2D eigenvalue weighted by atomic mass is 16.1. The van der Waals surface area contributed by atoms with Crippen molar-refractivity contribution in [2.24, 2.45) is 0 Å². The summed E-state index contributed by atoms with van der Waals surface area (Å²) in [7, 11) is 0. The van der Waals surface area contributed by atoms with E-state index in [1.165, 1.54) is 6.33 Å². The van der Waals surface area contributed by atoms with Crippen molar-refractivity contribution in [1.82, 2.24) is 24.7 Å². The minimum Gasteiger partial charge on any atom is -0.399 e. The van der Waals surface area contributed by atoms with Crippen molar-refractivity contribution in [2.75, 3.05) is 16.8 Å². The van der Waals surface area contributed by atoms with Gasteiger partial charge in [-0.15, -0.1) is 0 Å². The van der Waals surface area contributed by atoms with Gasteiger partial charge >= 0.3 is 0 Å². The summed E-state index contributed by atoms with van der Waals surface area (Å²) in [6.45, 7) is 0.498. The molecule has 2 aromatic carbocycles. The van der Waals surface area contributed by atoms with E-state index in [1.54, 1.807) is 35.1 Å². The first-order valence-electron chi connectivity index (χ1n) is 10.2. The number of hydrogen-bond donors (Lipinski definition) is 3. The summed E-state index contributed by atoms with van der Waals surface area (Å²) in [4.78, 5) is 25.2. The molecule has 5 rings (SSSR count). The zero-order valence-corrected chi connectivity index (χ0v) is 17.5. The summed E-state index contributed by atoms with van der Waals surface area (Å²) in [5, 5.41) is 8.21. The lowest BCUT2D eigenvalue weighted by atomic mass is 10.1. The van der Waals surface area contributed by atoms with Gasteiger partial charge in [0.2, 0.25) is 0 Å². The number of aromatic nitrogens is 5. The number of fused-ring (bicyclic) bond motifs is 1. The maximum Gasteiger partial charge on any atom is 0.256 e. The van der Waals surface area contributed by atoms with Crippen molar-refractivity contribution in [1.29, 1.82) is 0 Å². The molecule has 0 radical (unpaired) electrons. The molecule has 0 saturated heterocycles. The minimum atomic E-state index is -0.248. The second-order valence-corrected chi connectivity index (χ2v) is 7.45. The number of hydrogen-bond acceptors (Lipinski definition) is 7. The Hall–Kier alpha value is -4.79. The third-order valence-electron chi connectivity index (χ3n) is 5.20. The zero-order valence-electron chi connectivity index (χ0n) is 17.5. The molecular weight excluding hydrogens is 416 g/mol. The summed E-state index contributed by atoms with van der Waals surface area (Å²) in [6, 6.07) is 20.0. The first-order valence-corrected chi connectivity index (χ1v) is 10.2. The largest absolute Gasteiger partial charge is 0.399 e. The van der Waals surface area contributed by atoms with E-state index in [2.05, 4.69) is 20.3 Å². The van der Waals surface area contributed by atoms with Crippen molar-refractivity contribution in [3.8, 4) is 11.3 Å². The van der Waals surface area contributed by atoms with Gasteiger partial charge in [-0.05, 0) is 42.0 Å². The molecule has 0 unspecified atom stereocenters. The van der Waals surface area contributed by atoms with E-state index in [1.807, 2.05) is 42.5 Å². The number of nitrogens with one attached hydrogen (secondary N) is 1. The van der Waals surface area contributed by atoms with Gasteiger partial charge in [0, 0.05) is 23.0 Å². The predicted molar refractivity (Wildman–Crippen MR) is 127 cm³/mol. The van der Waals surface area contributed by atoms with Gasteiger partial charge in [0.25, 0.3) is 5.91 Å². The van der Waals surface area contributed by atoms with Gasteiger partial charge in [-0.1, -0.05) is 30.3 Å². The van der Waals surface area contributed by atoms with Crippen molar-refractivity contribution in [3.63, 3.8) is 0 Å². The first-order chi connectivity index (χ1) is 16.1. The lowest BCUT2D eigenvalue weighted by Crippen LogP contribution is -2.12. The molecule has 9 nitrogen and oxygen atoms in total.